The van der Waals surface area contributed by atoms with Gasteiger partial charge in [0.2, 0.25) is 0 Å². The van der Waals surface area contributed by atoms with Crippen molar-refractivity contribution in [2.75, 3.05) is 21.3 Å². The van der Waals surface area contributed by atoms with Crippen molar-refractivity contribution in [1.29, 1.82) is 0 Å². The molecule has 1 aromatic carbocycles. The van der Waals surface area contributed by atoms with Crippen molar-refractivity contribution in [3.63, 3.8) is 0 Å². The van der Waals surface area contributed by atoms with Gasteiger partial charge in [-0.15, -0.1) is 0 Å². The van der Waals surface area contributed by atoms with Crippen LogP contribution in [0.5, 0.6) is 17.2 Å². The highest BCUT2D eigenvalue weighted by Gasteiger charge is 2.10. The summed E-state index contributed by atoms with van der Waals surface area (Å²) in [6, 6.07) is 3.17. The van der Waals surface area contributed by atoms with E-state index < -0.39 is 6.43 Å². The second-order valence-electron chi connectivity index (χ2n) is 3.14. The van der Waals surface area contributed by atoms with E-state index >= 15 is 0 Å². The maximum Gasteiger partial charge on any atom is 0.257 e. The van der Waals surface area contributed by atoms with Crippen LogP contribution in [0.4, 0.5) is 8.78 Å². The van der Waals surface area contributed by atoms with Crippen LogP contribution in [0.25, 0.3) is 6.08 Å². The van der Waals surface area contributed by atoms with Crippen molar-refractivity contribution in [3.8, 4) is 17.2 Å². The molecule has 0 N–H and O–H groups in total. The van der Waals surface area contributed by atoms with Gasteiger partial charge in [0, 0.05) is 11.6 Å². The molecular formula is C12H14F2O3. The molecule has 1 aromatic rings. The molecule has 0 amide bonds. The Bertz CT molecular complexity index is 403. The Hall–Kier alpha value is -1.78. The fourth-order valence-corrected chi connectivity index (χ4v) is 1.36. The topological polar surface area (TPSA) is 27.7 Å². The third-order valence-corrected chi connectivity index (χ3v) is 2.16. The Balaban J connectivity index is 3.19. The molecule has 0 saturated heterocycles. The lowest BCUT2D eigenvalue weighted by Crippen LogP contribution is -1.94. The number of benzene rings is 1. The Morgan fingerprint density at radius 1 is 0.941 bits per heavy atom. The van der Waals surface area contributed by atoms with E-state index in [2.05, 4.69) is 0 Å². The highest BCUT2D eigenvalue weighted by atomic mass is 19.3. The summed E-state index contributed by atoms with van der Waals surface area (Å²) in [4.78, 5) is 0. The molecular weight excluding hydrogens is 230 g/mol. The predicted octanol–water partition coefficient (Wildman–Crippen LogP) is 2.99. The molecule has 94 valence electrons. The van der Waals surface area contributed by atoms with E-state index in [-0.39, 0.29) is 0 Å². The van der Waals surface area contributed by atoms with Crippen molar-refractivity contribution in [3.05, 3.63) is 23.8 Å². The van der Waals surface area contributed by atoms with Gasteiger partial charge in [0.1, 0.15) is 5.75 Å². The van der Waals surface area contributed by atoms with Crippen LogP contribution in [0.15, 0.2) is 18.2 Å². The quantitative estimate of drug-likeness (QED) is 0.796. The molecule has 0 aliphatic carbocycles. The summed E-state index contributed by atoms with van der Waals surface area (Å²) in [5.74, 6) is 1.39. The zero-order valence-electron chi connectivity index (χ0n) is 9.87. The largest absolute Gasteiger partial charge is 0.496 e. The van der Waals surface area contributed by atoms with Gasteiger partial charge in [-0.25, -0.2) is 8.78 Å². The number of rotatable bonds is 5. The minimum atomic E-state index is -2.51. The summed E-state index contributed by atoms with van der Waals surface area (Å²) in [7, 11) is 4.43. The van der Waals surface area contributed by atoms with Crippen LogP contribution in [0.1, 0.15) is 5.56 Å². The molecule has 0 aliphatic heterocycles. The molecule has 0 aromatic heterocycles. The predicted molar refractivity (Wildman–Crippen MR) is 61.1 cm³/mol. The Kier molecular flexibility index (Phi) is 4.75. The molecule has 0 bridgehead atoms. The van der Waals surface area contributed by atoms with Crippen LogP contribution in [0.3, 0.4) is 0 Å². The van der Waals surface area contributed by atoms with Crippen molar-refractivity contribution >= 4 is 6.08 Å². The summed E-state index contributed by atoms with van der Waals surface area (Å²) in [6.45, 7) is 0. The maximum atomic E-state index is 12.1. The molecule has 0 unspecified atom stereocenters. The minimum Gasteiger partial charge on any atom is -0.496 e. The van der Waals surface area contributed by atoms with Gasteiger partial charge in [0.05, 0.1) is 21.3 Å². The van der Waals surface area contributed by atoms with Crippen molar-refractivity contribution in [2.45, 2.75) is 6.43 Å². The fraction of sp³-hybridized carbons (Fsp3) is 0.333. The lowest BCUT2D eigenvalue weighted by atomic mass is 10.1. The van der Waals surface area contributed by atoms with Crippen LogP contribution in [-0.2, 0) is 0 Å². The number of methoxy groups -OCH3 is 3. The van der Waals surface area contributed by atoms with E-state index in [1.165, 1.54) is 27.4 Å². The van der Waals surface area contributed by atoms with Gasteiger partial charge >= 0.3 is 0 Å². The van der Waals surface area contributed by atoms with Crippen LogP contribution in [0.2, 0.25) is 0 Å². The zero-order valence-corrected chi connectivity index (χ0v) is 9.87. The van der Waals surface area contributed by atoms with E-state index in [9.17, 15) is 8.78 Å². The van der Waals surface area contributed by atoms with Crippen LogP contribution >= 0.6 is 0 Å². The zero-order chi connectivity index (χ0) is 12.8. The van der Waals surface area contributed by atoms with Crippen molar-refractivity contribution in [1.82, 2.24) is 0 Å². The monoisotopic (exact) mass is 244 g/mol. The van der Waals surface area contributed by atoms with Crippen molar-refractivity contribution < 1.29 is 23.0 Å². The Labute approximate surface area is 98.6 Å². The van der Waals surface area contributed by atoms with Crippen LogP contribution < -0.4 is 14.2 Å². The van der Waals surface area contributed by atoms with Crippen LogP contribution in [-0.4, -0.2) is 27.8 Å². The van der Waals surface area contributed by atoms with Gasteiger partial charge in [0.15, 0.2) is 11.5 Å². The minimum absolute atomic E-state index is 0.444. The molecule has 17 heavy (non-hydrogen) atoms. The van der Waals surface area contributed by atoms with E-state index in [1.54, 1.807) is 12.1 Å². The van der Waals surface area contributed by atoms with Gasteiger partial charge < -0.3 is 14.2 Å². The number of allylic oxidation sites excluding steroid dienone is 1. The number of hydrogen-bond donors (Lipinski definition) is 0. The summed E-state index contributed by atoms with van der Waals surface area (Å²) in [6.07, 6.45) is -0.442. The third-order valence-electron chi connectivity index (χ3n) is 2.16. The van der Waals surface area contributed by atoms with Crippen LogP contribution in [0, 0.1) is 0 Å². The number of halogens is 2. The molecule has 5 heteroatoms. The number of alkyl halides is 2. The molecule has 3 nitrogen and oxygen atoms in total. The lowest BCUT2D eigenvalue weighted by Gasteiger charge is -2.12. The lowest BCUT2D eigenvalue weighted by molar-refractivity contribution is 0.205. The highest BCUT2D eigenvalue weighted by Crippen LogP contribution is 2.35. The first-order valence-corrected chi connectivity index (χ1v) is 4.88. The van der Waals surface area contributed by atoms with Gasteiger partial charge in [-0.2, -0.15) is 0 Å². The van der Waals surface area contributed by atoms with Gasteiger partial charge in [-0.05, 0) is 18.2 Å². The second-order valence-corrected chi connectivity index (χ2v) is 3.14. The first-order chi connectivity index (χ1) is 8.12. The molecule has 0 radical (unpaired) electrons. The normalized spacial score (nSPS) is 10.9. The van der Waals surface area contributed by atoms with E-state index in [0.29, 0.717) is 22.8 Å². The molecule has 0 atom stereocenters. The first kappa shape index (κ1) is 13.3. The summed E-state index contributed by atoms with van der Waals surface area (Å²) in [5, 5.41) is 0. The molecule has 1 rings (SSSR count). The fourth-order valence-electron chi connectivity index (χ4n) is 1.36. The van der Waals surface area contributed by atoms with Gasteiger partial charge in [0.25, 0.3) is 6.43 Å². The molecule has 0 spiro atoms. The van der Waals surface area contributed by atoms with Gasteiger partial charge in [-0.1, -0.05) is 0 Å². The maximum absolute atomic E-state index is 12.1. The smallest absolute Gasteiger partial charge is 0.257 e. The van der Waals surface area contributed by atoms with E-state index in [1.807, 2.05) is 0 Å². The molecule has 0 fully saturated rings. The Morgan fingerprint density at radius 2 is 1.47 bits per heavy atom. The second kappa shape index (κ2) is 6.08. The number of ether oxygens (including phenoxy) is 3. The highest BCUT2D eigenvalue weighted by molar-refractivity contribution is 5.63. The molecule has 0 saturated carbocycles. The van der Waals surface area contributed by atoms with Crippen molar-refractivity contribution in [2.24, 2.45) is 0 Å². The standard InChI is InChI=1S/C12H14F2O3/c1-15-9-7-11(17-3)10(16-2)6-8(9)4-5-12(13)14/h4-7,12H,1-3H3/b5-4+. The average molecular weight is 244 g/mol. The summed E-state index contributed by atoms with van der Waals surface area (Å²) in [5.41, 5.74) is 0.505. The van der Waals surface area contributed by atoms with Gasteiger partial charge in [-0.3, -0.25) is 0 Å². The third kappa shape index (κ3) is 3.34. The number of hydrogen-bond acceptors (Lipinski definition) is 3. The average Bonchev–Trinajstić information content (AvgIpc) is 2.34. The van der Waals surface area contributed by atoms with E-state index in [0.717, 1.165) is 6.08 Å². The Morgan fingerprint density at radius 3 is 1.94 bits per heavy atom. The molecule has 0 aliphatic rings. The first-order valence-electron chi connectivity index (χ1n) is 4.88. The SMILES string of the molecule is COc1cc(OC)c(OC)cc1/C=C/C(F)F. The summed E-state index contributed by atoms with van der Waals surface area (Å²) < 4.78 is 39.5. The molecule has 0 heterocycles. The van der Waals surface area contributed by atoms with E-state index in [4.69, 9.17) is 14.2 Å². The summed E-state index contributed by atoms with van der Waals surface area (Å²) >= 11 is 0.